The van der Waals surface area contributed by atoms with Crippen molar-refractivity contribution in [2.24, 2.45) is 0 Å². The van der Waals surface area contributed by atoms with Gasteiger partial charge in [-0.25, -0.2) is 4.84 Å². The Bertz CT molecular complexity index is 174. The molecule has 1 nitrogen and oxygen atoms in total. The summed E-state index contributed by atoms with van der Waals surface area (Å²) in [5.74, 6) is 0.525. The van der Waals surface area contributed by atoms with Crippen molar-refractivity contribution in [1.29, 1.82) is 0 Å². The minimum Gasteiger partial charge on any atom is -0.233 e. The molecule has 0 spiro atoms. The van der Waals surface area contributed by atoms with Gasteiger partial charge < -0.3 is 0 Å². The molecular weight excluding hydrogens is 166 g/mol. The van der Waals surface area contributed by atoms with Gasteiger partial charge in [0.1, 0.15) is 0 Å². The van der Waals surface area contributed by atoms with Crippen molar-refractivity contribution < 1.29 is 0 Å². The van der Waals surface area contributed by atoms with Gasteiger partial charge in [0, 0.05) is 17.3 Å². The highest BCUT2D eigenvalue weighted by Gasteiger charge is 2.03. The third kappa shape index (κ3) is 1.97. The van der Waals surface area contributed by atoms with E-state index in [4.69, 9.17) is 11.8 Å². The van der Waals surface area contributed by atoms with Crippen LogP contribution in [0, 0.1) is 0 Å². The molecule has 1 N–H and O–H groups in total. The summed E-state index contributed by atoms with van der Waals surface area (Å²) in [6.07, 6.45) is 0. The van der Waals surface area contributed by atoms with Crippen LogP contribution in [0.15, 0.2) is 17.5 Å². The molecular formula is C7H10ClNS. The molecule has 0 radical (unpaired) electrons. The number of hydrogen-bond donors (Lipinski definition) is 1. The van der Waals surface area contributed by atoms with Crippen LogP contribution in [-0.4, -0.2) is 6.54 Å². The zero-order valence-corrected chi connectivity index (χ0v) is 7.38. The predicted molar refractivity (Wildman–Crippen MR) is 46.6 cm³/mol. The summed E-state index contributed by atoms with van der Waals surface area (Å²) in [6, 6.07) is 4.19. The second-order valence-corrected chi connectivity index (χ2v) is 3.50. The monoisotopic (exact) mass is 175 g/mol. The molecule has 0 aliphatic rings. The van der Waals surface area contributed by atoms with Crippen molar-refractivity contribution in [3.05, 3.63) is 22.4 Å². The Labute approximate surface area is 70.1 Å². The normalized spacial score (nSPS) is 13.4. The summed E-state index contributed by atoms with van der Waals surface area (Å²) in [6.45, 7) is 2.99. The lowest BCUT2D eigenvalue weighted by Crippen LogP contribution is -2.08. The van der Waals surface area contributed by atoms with Gasteiger partial charge in [-0.1, -0.05) is 13.0 Å². The Morgan fingerprint density at radius 1 is 1.80 bits per heavy atom. The van der Waals surface area contributed by atoms with Gasteiger partial charge in [0.25, 0.3) is 0 Å². The number of thiophene rings is 1. The first kappa shape index (κ1) is 8.05. The summed E-state index contributed by atoms with van der Waals surface area (Å²) >= 11 is 7.14. The maximum absolute atomic E-state index is 5.37. The van der Waals surface area contributed by atoms with Gasteiger partial charge in [-0.05, 0) is 23.2 Å². The van der Waals surface area contributed by atoms with Gasteiger partial charge >= 0.3 is 0 Å². The molecule has 0 amide bonds. The average Bonchev–Trinajstić information content (AvgIpc) is 2.38. The van der Waals surface area contributed by atoms with Gasteiger partial charge in [-0.2, -0.15) is 0 Å². The van der Waals surface area contributed by atoms with Crippen LogP contribution in [0.25, 0.3) is 0 Å². The molecule has 1 rings (SSSR count). The van der Waals surface area contributed by atoms with Crippen LogP contribution in [0.4, 0.5) is 0 Å². The molecule has 0 saturated heterocycles. The van der Waals surface area contributed by atoms with Crippen LogP contribution in [0.5, 0.6) is 0 Å². The van der Waals surface area contributed by atoms with Crippen molar-refractivity contribution >= 4 is 23.1 Å². The van der Waals surface area contributed by atoms with Crippen molar-refractivity contribution in [2.75, 3.05) is 6.54 Å². The lowest BCUT2D eigenvalue weighted by atomic mass is 10.1. The number of rotatable bonds is 3. The summed E-state index contributed by atoms with van der Waals surface area (Å²) in [7, 11) is 0. The minimum atomic E-state index is 0.525. The molecule has 0 bridgehead atoms. The molecule has 1 aromatic heterocycles. The van der Waals surface area contributed by atoms with Crippen molar-refractivity contribution in [2.45, 2.75) is 12.8 Å². The highest BCUT2D eigenvalue weighted by Crippen LogP contribution is 2.19. The van der Waals surface area contributed by atoms with Crippen LogP contribution < -0.4 is 4.84 Å². The maximum Gasteiger partial charge on any atom is 0.0182 e. The molecule has 0 aliphatic heterocycles. The second-order valence-electron chi connectivity index (χ2n) is 2.25. The molecule has 1 atom stereocenters. The van der Waals surface area contributed by atoms with Crippen molar-refractivity contribution in [3.63, 3.8) is 0 Å². The molecule has 1 unspecified atom stereocenters. The number of nitrogens with one attached hydrogen (secondary N) is 1. The lowest BCUT2D eigenvalue weighted by molar-refractivity contribution is 0.750. The maximum atomic E-state index is 5.37. The number of halogens is 1. The molecule has 0 saturated carbocycles. The fourth-order valence-electron chi connectivity index (χ4n) is 0.788. The van der Waals surface area contributed by atoms with E-state index < -0.39 is 0 Å². The minimum absolute atomic E-state index is 0.525. The van der Waals surface area contributed by atoms with Crippen LogP contribution in [0.2, 0.25) is 0 Å². The number of hydrogen-bond acceptors (Lipinski definition) is 2. The third-order valence-electron chi connectivity index (χ3n) is 1.41. The largest absolute Gasteiger partial charge is 0.233 e. The van der Waals surface area contributed by atoms with Gasteiger partial charge in [0.05, 0.1) is 0 Å². The van der Waals surface area contributed by atoms with E-state index in [1.165, 1.54) is 4.88 Å². The quantitative estimate of drug-likeness (QED) is 0.697. The van der Waals surface area contributed by atoms with Gasteiger partial charge in [-0.15, -0.1) is 11.3 Å². The molecule has 0 fully saturated rings. The van der Waals surface area contributed by atoms with E-state index in [0.29, 0.717) is 5.92 Å². The molecule has 56 valence electrons. The SMILES string of the molecule is CC(CNCl)c1cccs1. The third-order valence-corrected chi connectivity index (χ3v) is 2.67. The van der Waals surface area contributed by atoms with E-state index in [1.807, 2.05) is 0 Å². The van der Waals surface area contributed by atoms with Crippen LogP contribution in [0.3, 0.4) is 0 Å². The fourth-order valence-corrected chi connectivity index (χ4v) is 1.81. The van der Waals surface area contributed by atoms with Crippen LogP contribution >= 0.6 is 23.1 Å². The van der Waals surface area contributed by atoms with Gasteiger partial charge in [0.2, 0.25) is 0 Å². The average molecular weight is 176 g/mol. The lowest BCUT2D eigenvalue weighted by Gasteiger charge is -2.05. The Hall–Kier alpha value is -0.0500. The first-order valence-electron chi connectivity index (χ1n) is 3.21. The van der Waals surface area contributed by atoms with E-state index in [2.05, 4.69) is 29.3 Å². The van der Waals surface area contributed by atoms with Crippen LogP contribution in [-0.2, 0) is 0 Å². The molecule has 0 aromatic carbocycles. The first-order valence-corrected chi connectivity index (χ1v) is 4.47. The summed E-state index contributed by atoms with van der Waals surface area (Å²) < 4.78 is 0. The van der Waals surface area contributed by atoms with Gasteiger partial charge in [-0.3, -0.25) is 0 Å². The van der Waals surface area contributed by atoms with E-state index in [9.17, 15) is 0 Å². The fraction of sp³-hybridized carbons (Fsp3) is 0.429. The Balaban J connectivity index is 2.50. The predicted octanol–water partition coefficient (Wildman–Crippen LogP) is 2.60. The molecule has 10 heavy (non-hydrogen) atoms. The summed E-state index contributed by atoms with van der Waals surface area (Å²) in [4.78, 5) is 4.02. The van der Waals surface area contributed by atoms with E-state index in [1.54, 1.807) is 11.3 Å². The standard InChI is InChI=1S/C7H10ClNS/c1-6(5-9-8)7-3-2-4-10-7/h2-4,6,9H,5H2,1H3. The van der Waals surface area contributed by atoms with E-state index in [-0.39, 0.29) is 0 Å². The smallest absolute Gasteiger partial charge is 0.0182 e. The first-order chi connectivity index (χ1) is 4.84. The van der Waals surface area contributed by atoms with Crippen molar-refractivity contribution in [1.82, 2.24) is 4.84 Å². The van der Waals surface area contributed by atoms with Crippen LogP contribution in [0.1, 0.15) is 17.7 Å². The molecule has 3 heteroatoms. The molecule has 1 aromatic rings. The Morgan fingerprint density at radius 3 is 3.10 bits per heavy atom. The van der Waals surface area contributed by atoms with E-state index in [0.717, 1.165) is 6.54 Å². The van der Waals surface area contributed by atoms with Crippen molar-refractivity contribution in [3.8, 4) is 0 Å². The highest BCUT2D eigenvalue weighted by atomic mass is 35.5. The summed E-state index contributed by atoms with van der Waals surface area (Å²) in [5, 5.41) is 2.08. The van der Waals surface area contributed by atoms with Gasteiger partial charge in [0.15, 0.2) is 0 Å². The molecule has 0 aliphatic carbocycles. The summed E-state index contributed by atoms with van der Waals surface area (Å²) in [5.41, 5.74) is 0. The second kappa shape index (κ2) is 3.96. The Morgan fingerprint density at radius 2 is 2.60 bits per heavy atom. The zero-order chi connectivity index (χ0) is 7.40. The van der Waals surface area contributed by atoms with E-state index >= 15 is 0 Å². The highest BCUT2D eigenvalue weighted by molar-refractivity contribution is 7.10. The Kier molecular flexibility index (Phi) is 3.19. The topological polar surface area (TPSA) is 12.0 Å². The zero-order valence-electron chi connectivity index (χ0n) is 5.80. The molecule has 1 heterocycles.